The predicted molar refractivity (Wildman–Crippen MR) is 128 cm³/mol. The third-order valence-electron chi connectivity index (χ3n) is 6.99. The minimum absolute atomic E-state index is 0.0931. The first-order valence-corrected chi connectivity index (χ1v) is 12.2. The molecule has 0 bridgehead atoms. The van der Waals surface area contributed by atoms with Crippen LogP contribution in [0.2, 0.25) is 0 Å². The van der Waals surface area contributed by atoms with Gasteiger partial charge in [0.15, 0.2) is 5.78 Å². The van der Waals surface area contributed by atoms with Crippen molar-refractivity contribution in [1.82, 2.24) is 15.1 Å². The Kier molecular flexibility index (Phi) is 6.74. The molecule has 3 aliphatic rings. The number of Topliss-reactive ketones (excluding diaryl/α,β-unsaturated/α-hetero) is 1. The fourth-order valence-corrected chi connectivity index (χ4v) is 5.05. The van der Waals surface area contributed by atoms with E-state index in [1.807, 2.05) is 30.3 Å². The van der Waals surface area contributed by atoms with Crippen LogP contribution in [0.5, 0.6) is 0 Å². The van der Waals surface area contributed by atoms with Crippen molar-refractivity contribution in [3.8, 4) is 0 Å². The van der Waals surface area contributed by atoms with Gasteiger partial charge in [-0.3, -0.25) is 29.4 Å². The van der Waals surface area contributed by atoms with Gasteiger partial charge in [0.25, 0.3) is 5.91 Å². The van der Waals surface area contributed by atoms with Gasteiger partial charge in [0.05, 0.1) is 13.2 Å². The van der Waals surface area contributed by atoms with Crippen LogP contribution in [0.3, 0.4) is 0 Å². The Bertz CT molecular complexity index is 1170. The highest BCUT2D eigenvalue weighted by molar-refractivity contribution is 6.05. The van der Waals surface area contributed by atoms with Crippen molar-refractivity contribution in [3.63, 3.8) is 0 Å². The molecule has 2 fully saturated rings. The van der Waals surface area contributed by atoms with Gasteiger partial charge in [0.2, 0.25) is 11.8 Å². The zero-order valence-electron chi connectivity index (χ0n) is 19.6. The van der Waals surface area contributed by atoms with Crippen molar-refractivity contribution in [2.75, 3.05) is 26.3 Å². The van der Waals surface area contributed by atoms with E-state index >= 15 is 0 Å². The van der Waals surface area contributed by atoms with Crippen LogP contribution in [-0.4, -0.2) is 65.6 Å². The lowest BCUT2D eigenvalue weighted by Crippen LogP contribution is -2.52. The number of morpholine rings is 1. The van der Waals surface area contributed by atoms with Gasteiger partial charge in [-0.15, -0.1) is 0 Å². The number of aryl methyl sites for hydroxylation is 1. The predicted octanol–water partition coefficient (Wildman–Crippen LogP) is 2.10. The van der Waals surface area contributed by atoms with E-state index < -0.39 is 11.9 Å². The quantitative estimate of drug-likeness (QED) is 0.487. The number of carbonyl (C=O) groups is 4. The summed E-state index contributed by atoms with van der Waals surface area (Å²) in [6, 6.07) is 12.8. The molecule has 1 atom stereocenters. The Hall–Kier alpha value is -3.36. The van der Waals surface area contributed by atoms with E-state index in [-0.39, 0.29) is 24.0 Å². The van der Waals surface area contributed by atoms with Crippen LogP contribution < -0.4 is 5.32 Å². The van der Waals surface area contributed by atoms with Gasteiger partial charge in [-0.05, 0) is 41.7 Å². The minimum atomic E-state index is -0.623. The van der Waals surface area contributed by atoms with Gasteiger partial charge < -0.3 is 9.64 Å². The molecule has 1 N–H and O–H groups in total. The van der Waals surface area contributed by atoms with Crippen molar-refractivity contribution in [2.24, 2.45) is 0 Å². The second-order valence-electron chi connectivity index (χ2n) is 9.40. The molecule has 0 aliphatic carbocycles. The summed E-state index contributed by atoms with van der Waals surface area (Å²) in [5.74, 6) is -0.803. The van der Waals surface area contributed by atoms with Crippen molar-refractivity contribution < 1.29 is 23.9 Å². The highest BCUT2D eigenvalue weighted by atomic mass is 16.5. The number of ether oxygens (including phenoxy) is 1. The molecule has 8 nitrogen and oxygen atoms in total. The van der Waals surface area contributed by atoms with Gasteiger partial charge >= 0.3 is 0 Å². The molecule has 35 heavy (non-hydrogen) atoms. The van der Waals surface area contributed by atoms with E-state index in [4.69, 9.17) is 4.74 Å². The second kappa shape index (κ2) is 10.1. The van der Waals surface area contributed by atoms with Gasteiger partial charge in [0, 0.05) is 50.1 Å². The molecule has 0 spiro atoms. The van der Waals surface area contributed by atoms with Gasteiger partial charge in [-0.1, -0.05) is 30.3 Å². The number of piperidine rings is 1. The van der Waals surface area contributed by atoms with Gasteiger partial charge in [0.1, 0.15) is 6.04 Å². The molecule has 2 saturated heterocycles. The van der Waals surface area contributed by atoms with Crippen molar-refractivity contribution in [3.05, 3.63) is 70.3 Å². The Morgan fingerprint density at radius 2 is 1.86 bits per heavy atom. The summed E-state index contributed by atoms with van der Waals surface area (Å²) in [4.78, 5) is 53.3. The lowest BCUT2D eigenvalue weighted by Gasteiger charge is -2.29. The normalized spacial score (nSPS) is 20.6. The first kappa shape index (κ1) is 23.4. The number of imide groups is 1. The summed E-state index contributed by atoms with van der Waals surface area (Å²) >= 11 is 0. The van der Waals surface area contributed by atoms with E-state index in [9.17, 15) is 19.2 Å². The summed E-state index contributed by atoms with van der Waals surface area (Å²) in [5.41, 5.74) is 4.27. The second-order valence-corrected chi connectivity index (χ2v) is 9.40. The number of hydrogen-bond acceptors (Lipinski definition) is 6. The monoisotopic (exact) mass is 475 g/mol. The Morgan fingerprint density at radius 3 is 2.66 bits per heavy atom. The van der Waals surface area contributed by atoms with Crippen molar-refractivity contribution >= 4 is 23.5 Å². The number of benzene rings is 2. The molecule has 182 valence electrons. The summed E-state index contributed by atoms with van der Waals surface area (Å²) in [6.07, 6.45) is 1.53. The van der Waals surface area contributed by atoms with Crippen LogP contribution in [0.4, 0.5) is 0 Å². The summed E-state index contributed by atoms with van der Waals surface area (Å²) < 4.78 is 5.41. The van der Waals surface area contributed by atoms with E-state index in [1.165, 1.54) is 0 Å². The molecular formula is C27H29N3O5. The zero-order chi connectivity index (χ0) is 24.4. The van der Waals surface area contributed by atoms with E-state index in [1.54, 1.807) is 11.0 Å². The number of amides is 3. The van der Waals surface area contributed by atoms with Crippen molar-refractivity contribution in [2.45, 2.75) is 44.8 Å². The standard InChI is InChI=1S/C27H29N3O5/c31-24(20-3-1-2-19(15-20)16-29-10-12-35-13-11-29)8-5-18-4-6-22-21(14-18)17-30(27(22)34)23-7-9-25(32)28-26(23)33/h1-4,6,14-15,23H,5,7-13,16-17H2,(H,28,32,33). The summed E-state index contributed by atoms with van der Waals surface area (Å²) in [6.45, 7) is 4.45. The molecule has 3 heterocycles. The fraction of sp³-hybridized carbons (Fsp3) is 0.407. The van der Waals surface area contributed by atoms with Crippen LogP contribution in [0.15, 0.2) is 42.5 Å². The molecule has 1 unspecified atom stereocenters. The number of carbonyl (C=O) groups excluding carboxylic acids is 4. The fourth-order valence-electron chi connectivity index (χ4n) is 5.05. The number of nitrogens with zero attached hydrogens (tertiary/aromatic N) is 2. The third-order valence-corrected chi connectivity index (χ3v) is 6.99. The van der Waals surface area contributed by atoms with Crippen LogP contribution in [0.25, 0.3) is 0 Å². The summed E-state index contributed by atoms with van der Waals surface area (Å²) in [5, 5.41) is 2.32. The molecule has 3 amide bonds. The molecule has 2 aromatic carbocycles. The first-order valence-electron chi connectivity index (χ1n) is 12.2. The van der Waals surface area contributed by atoms with E-state index in [2.05, 4.69) is 16.3 Å². The lowest BCUT2D eigenvalue weighted by molar-refractivity contribution is -0.136. The highest BCUT2D eigenvalue weighted by Crippen LogP contribution is 2.28. The Labute approximate surface area is 204 Å². The molecule has 5 rings (SSSR count). The SMILES string of the molecule is O=C1CCC(N2Cc3cc(CCC(=O)c4cccc(CN5CCOCC5)c4)ccc3C2=O)C(=O)N1. The molecular weight excluding hydrogens is 446 g/mol. The first-order chi connectivity index (χ1) is 17.0. The highest BCUT2D eigenvalue weighted by Gasteiger charge is 2.39. The largest absolute Gasteiger partial charge is 0.379 e. The summed E-state index contributed by atoms with van der Waals surface area (Å²) in [7, 11) is 0. The lowest BCUT2D eigenvalue weighted by atomic mass is 9.99. The van der Waals surface area contributed by atoms with Gasteiger partial charge in [-0.25, -0.2) is 0 Å². The molecule has 0 radical (unpaired) electrons. The topological polar surface area (TPSA) is 96.0 Å². The number of rotatable bonds is 7. The molecule has 0 aromatic heterocycles. The maximum atomic E-state index is 12.9. The average molecular weight is 476 g/mol. The molecule has 3 aliphatic heterocycles. The number of nitrogens with one attached hydrogen (secondary N) is 1. The van der Waals surface area contributed by atoms with Gasteiger partial charge in [-0.2, -0.15) is 0 Å². The average Bonchev–Trinajstić information content (AvgIpc) is 3.18. The number of fused-ring (bicyclic) bond motifs is 1. The Balaban J connectivity index is 1.20. The maximum absolute atomic E-state index is 12.9. The van der Waals surface area contributed by atoms with Crippen LogP contribution in [0, 0.1) is 0 Å². The third kappa shape index (κ3) is 5.18. The van der Waals surface area contributed by atoms with Crippen LogP contribution >= 0.6 is 0 Å². The molecule has 2 aromatic rings. The number of hydrogen-bond donors (Lipinski definition) is 1. The van der Waals surface area contributed by atoms with E-state index in [0.717, 1.165) is 55.1 Å². The number of ketones is 1. The smallest absolute Gasteiger partial charge is 0.255 e. The van der Waals surface area contributed by atoms with Crippen LogP contribution in [-0.2, 0) is 33.8 Å². The maximum Gasteiger partial charge on any atom is 0.255 e. The zero-order valence-corrected chi connectivity index (χ0v) is 19.6. The molecule has 8 heteroatoms. The van der Waals surface area contributed by atoms with E-state index in [0.29, 0.717) is 31.4 Å². The molecule has 0 saturated carbocycles. The van der Waals surface area contributed by atoms with Crippen molar-refractivity contribution in [1.29, 1.82) is 0 Å². The Morgan fingerprint density at radius 1 is 1.03 bits per heavy atom. The minimum Gasteiger partial charge on any atom is -0.379 e. The van der Waals surface area contributed by atoms with Crippen LogP contribution in [0.1, 0.15) is 56.7 Å².